The minimum Gasteiger partial charge on any atom is -0.493 e. The molecule has 0 aromatic heterocycles. The first-order valence-corrected chi connectivity index (χ1v) is 14.1. The number of rotatable bonds is 7. The first-order valence-electron chi connectivity index (χ1n) is 12.7. The summed E-state index contributed by atoms with van der Waals surface area (Å²) in [6, 6.07) is 11.0. The van der Waals surface area contributed by atoms with Crippen molar-refractivity contribution in [2.24, 2.45) is 0 Å². The highest BCUT2D eigenvalue weighted by Crippen LogP contribution is 2.34. The molecule has 37 heavy (non-hydrogen) atoms. The molecule has 0 spiro atoms. The number of carbonyl (C=O) groups excluding carboxylic acids is 2. The third-order valence-corrected chi connectivity index (χ3v) is 8.89. The molecule has 0 saturated carbocycles. The zero-order valence-corrected chi connectivity index (χ0v) is 21.7. The van der Waals surface area contributed by atoms with E-state index in [9.17, 15) is 18.0 Å². The summed E-state index contributed by atoms with van der Waals surface area (Å²) in [5, 5.41) is 5.53. The van der Waals surface area contributed by atoms with Crippen LogP contribution in [0.3, 0.4) is 0 Å². The lowest BCUT2D eigenvalue weighted by atomic mass is 9.98. The molecule has 10 heteroatoms. The van der Waals surface area contributed by atoms with Crippen molar-refractivity contribution in [1.82, 2.24) is 19.8 Å². The van der Waals surface area contributed by atoms with Gasteiger partial charge in [0.1, 0.15) is 11.8 Å². The van der Waals surface area contributed by atoms with Crippen molar-refractivity contribution in [1.29, 1.82) is 0 Å². The first-order chi connectivity index (χ1) is 17.8. The molecule has 2 atom stereocenters. The fourth-order valence-corrected chi connectivity index (χ4v) is 6.53. The van der Waals surface area contributed by atoms with E-state index in [0.29, 0.717) is 13.0 Å². The lowest BCUT2D eigenvalue weighted by Crippen LogP contribution is -2.51. The molecule has 5 rings (SSSR count). The molecule has 0 aliphatic carbocycles. The number of likely N-dealkylation sites (tertiary alicyclic amines) is 1. The van der Waals surface area contributed by atoms with E-state index in [1.165, 1.54) is 42.9 Å². The average Bonchev–Trinajstić information content (AvgIpc) is 3.38. The molecule has 2 aromatic carbocycles. The number of benzene rings is 2. The first kappa shape index (κ1) is 25.3. The molecule has 0 radical (unpaired) electrons. The van der Waals surface area contributed by atoms with Crippen LogP contribution in [0.25, 0.3) is 0 Å². The third kappa shape index (κ3) is 5.50. The van der Waals surface area contributed by atoms with Crippen molar-refractivity contribution in [3.63, 3.8) is 0 Å². The smallest absolute Gasteiger partial charge is 0.264 e. The SMILES string of the molecule is Cc1ccc(S(=O)(=O)N2C=CNC(=O)[C@H]2CC(=O)N[C@@H]2CCOc3cc(CN4CCCC4)ccc32)cc1. The predicted octanol–water partition coefficient (Wildman–Crippen LogP) is 2.58. The molecule has 3 aliphatic heterocycles. The standard InChI is InChI=1S/C27H32N4O5S/c1-19-4-7-21(8-5-19)37(34,35)31-14-11-28-27(33)24(31)17-26(32)29-23-10-15-36-25-16-20(6-9-22(23)25)18-30-12-2-3-13-30/h4-9,11,14,16,23-24H,2-3,10,12-13,15,17-18H2,1H3,(H,28,33)(H,29,32)/t23-,24-/m1/s1. The Labute approximate surface area is 217 Å². The molecule has 3 heterocycles. The molecule has 0 bridgehead atoms. The number of amides is 2. The Bertz CT molecular complexity index is 1300. The maximum Gasteiger partial charge on any atom is 0.264 e. The van der Waals surface area contributed by atoms with Gasteiger partial charge >= 0.3 is 0 Å². The zero-order chi connectivity index (χ0) is 26.0. The number of nitrogens with zero attached hydrogens (tertiary/aromatic N) is 2. The largest absolute Gasteiger partial charge is 0.493 e. The molecule has 1 saturated heterocycles. The molecular weight excluding hydrogens is 492 g/mol. The summed E-state index contributed by atoms with van der Waals surface area (Å²) in [5.41, 5.74) is 2.99. The third-order valence-electron chi connectivity index (χ3n) is 7.09. The second-order valence-electron chi connectivity index (χ2n) is 9.80. The van der Waals surface area contributed by atoms with Gasteiger partial charge in [0.05, 0.1) is 24.0 Å². The van der Waals surface area contributed by atoms with E-state index in [0.717, 1.165) is 40.8 Å². The van der Waals surface area contributed by atoms with Crippen LogP contribution in [-0.4, -0.2) is 55.2 Å². The summed E-state index contributed by atoms with van der Waals surface area (Å²) in [6.45, 7) is 5.42. The fraction of sp³-hybridized carbons (Fsp3) is 0.407. The van der Waals surface area contributed by atoms with Crippen LogP contribution in [0.5, 0.6) is 5.75 Å². The summed E-state index contributed by atoms with van der Waals surface area (Å²) in [4.78, 5) is 28.3. The average molecular weight is 525 g/mol. The molecule has 1 fully saturated rings. The molecule has 3 aliphatic rings. The molecule has 2 aromatic rings. The number of aryl methyl sites for hydroxylation is 1. The Morgan fingerprint density at radius 3 is 2.65 bits per heavy atom. The monoisotopic (exact) mass is 524 g/mol. The van der Waals surface area contributed by atoms with Crippen molar-refractivity contribution < 1.29 is 22.7 Å². The van der Waals surface area contributed by atoms with Crippen LogP contribution in [0, 0.1) is 6.92 Å². The molecule has 2 amide bonds. The van der Waals surface area contributed by atoms with E-state index in [1.54, 1.807) is 12.1 Å². The van der Waals surface area contributed by atoms with Gasteiger partial charge in [-0.15, -0.1) is 0 Å². The molecule has 2 N–H and O–H groups in total. The number of nitrogens with one attached hydrogen (secondary N) is 2. The number of hydrogen-bond acceptors (Lipinski definition) is 6. The van der Waals surface area contributed by atoms with Crippen molar-refractivity contribution in [2.75, 3.05) is 19.7 Å². The van der Waals surface area contributed by atoms with Gasteiger partial charge < -0.3 is 15.4 Å². The lowest BCUT2D eigenvalue weighted by molar-refractivity contribution is -0.129. The molecule has 196 valence electrons. The van der Waals surface area contributed by atoms with Gasteiger partial charge in [-0.2, -0.15) is 0 Å². The Balaban J connectivity index is 1.29. The highest BCUT2D eigenvalue weighted by molar-refractivity contribution is 7.89. The van der Waals surface area contributed by atoms with E-state index in [2.05, 4.69) is 21.6 Å². The summed E-state index contributed by atoms with van der Waals surface area (Å²) >= 11 is 0. The van der Waals surface area contributed by atoms with Crippen molar-refractivity contribution in [2.45, 2.75) is 56.1 Å². The maximum absolute atomic E-state index is 13.3. The van der Waals surface area contributed by atoms with Gasteiger partial charge in [0.2, 0.25) is 11.8 Å². The van der Waals surface area contributed by atoms with Gasteiger partial charge in [0.15, 0.2) is 0 Å². The van der Waals surface area contributed by atoms with Gasteiger partial charge in [-0.1, -0.05) is 29.8 Å². The van der Waals surface area contributed by atoms with Gasteiger partial charge in [-0.25, -0.2) is 8.42 Å². The molecular formula is C27H32N4O5S. The summed E-state index contributed by atoms with van der Waals surface area (Å²) in [7, 11) is -4.02. The normalized spacial score (nSPS) is 21.8. The van der Waals surface area contributed by atoms with E-state index in [1.807, 2.05) is 19.1 Å². The van der Waals surface area contributed by atoms with Crippen LogP contribution in [0.4, 0.5) is 0 Å². The minimum absolute atomic E-state index is 0.0611. The highest BCUT2D eigenvalue weighted by Gasteiger charge is 2.37. The van der Waals surface area contributed by atoms with E-state index < -0.39 is 27.9 Å². The Morgan fingerprint density at radius 2 is 1.89 bits per heavy atom. The number of hydrogen-bond donors (Lipinski definition) is 2. The molecule has 9 nitrogen and oxygen atoms in total. The van der Waals surface area contributed by atoms with E-state index in [-0.39, 0.29) is 17.4 Å². The van der Waals surface area contributed by atoms with Crippen LogP contribution in [0.2, 0.25) is 0 Å². The molecule has 0 unspecified atom stereocenters. The zero-order valence-electron chi connectivity index (χ0n) is 20.9. The fourth-order valence-electron chi connectivity index (χ4n) is 5.08. The second-order valence-corrected chi connectivity index (χ2v) is 11.6. The van der Waals surface area contributed by atoms with Crippen molar-refractivity contribution in [3.8, 4) is 5.75 Å². The lowest BCUT2D eigenvalue weighted by Gasteiger charge is -2.32. The number of fused-ring (bicyclic) bond motifs is 1. The number of carbonyl (C=O) groups is 2. The number of sulfonamides is 1. The van der Waals surface area contributed by atoms with Crippen molar-refractivity contribution in [3.05, 3.63) is 71.6 Å². The van der Waals surface area contributed by atoms with Gasteiger partial charge in [-0.05, 0) is 56.6 Å². The van der Waals surface area contributed by atoms with Crippen molar-refractivity contribution >= 4 is 21.8 Å². The Kier molecular flexibility index (Phi) is 7.21. The second kappa shape index (κ2) is 10.5. The minimum atomic E-state index is -4.02. The predicted molar refractivity (Wildman–Crippen MR) is 138 cm³/mol. The maximum atomic E-state index is 13.3. The van der Waals surface area contributed by atoms with E-state index >= 15 is 0 Å². The summed E-state index contributed by atoms with van der Waals surface area (Å²) < 4.78 is 33.4. The van der Waals surface area contributed by atoms with Crippen LogP contribution in [0.1, 0.15) is 48.4 Å². The van der Waals surface area contributed by atoms with Crippen LogP contribution in [0.15, 0.2) is 59.8 Å². The van der Waals surface area contributed by atoms with E-state index in [4.69, 9.17) is 4.74 Å². The van der Waals surface area contributed by atoms with Gasteiger partial charge in [0, 0.05) is 30.9 Å². The van der Waals surface area contributed by atoms with Gasteiger partial charge in [0.25, 0.3) is 10.0 Å². The quantitative estimate of drug-likeness (QED) is 0.577. The van der Waals surface area contributed by atoms with Crippen LogP contribution >= 0.6 is 0 Å². The topological polar surface area (TPSA) is 108 Å². The van der Waals surface area contributed by atoms with Gasteiger partial charge in [-0.3, -0.25) is 18.8 Å². The Hall–Kier alpha value is -3.37. The summed E-state index contributed by atoms with van der Waals surface area (Å²) in [6.07, 6.45) is 5.31. The Morgan fingerprint density at radius 1 is 1.14 bits per heavy atom. The number of ether oxygens (including phenoxy) is 1. The van der Waals surface area contributed by atoms with Crippen LogP contribution in [-0.2, 0) is 26.2 Å². The van der Waals surface area contributed by atoms with Crippen LogP contribution < -0.4 is 15.4 Å². The summed E-state index contributed by atoms with van der Waals surface area (Å²) in [5.74, 6) is -0.194. The highest BCUT2D eigenvalue weighted by atomic mass is 32.2.